The number of nitrogens with zero attached hydrogens (tertiary/aromatic N) is 3. The van der Waals surface area contributed by atoms with Crippen molar-refractivity contribution in [2.75, 3.05) is 18.9 Å². The van der Waals surface area contributed by atoms with Crippen molar-refractivity contribution >= 4 is 38.3 Å². The molecule has 1 fully saturated rings. The molecule has 156 valence electrons. The Balaban J connectivity index is 1.82. The van der Waals surface area contributed by atoms with Crippen molar-refractivity contribution in [1.82, 2.24) is 14.2 Å². The lowest BCUT2D eigenvalue weighted by molar-refractivity contribution is -0.119. The van der Waals surface area contributed by atoms with Crippen molar-refractivity contribution in [3.8, 4) is 0 Å². The van der Waals surface area contributed by atoms with Crippen LogP contribution in [0, 0.1) is 0 Å². The van der Waals surface area contributed by atoms with E-state index < -0.39 is 16.1 Å². The van der Waals surface area contributed by atoms with Crippen LogP contribution < -0.4 is 5.32 Å². The average Bonchev–Trinajstić information content (AvgIpc) is 3.38. The molecule has 1 aromatic carbocycles. The molecule has 29 heavy (non-hydrogen) atoms. The maximum absolute atomic E-state index is 13.1. The van der Waals surface area contributed by atoms with E-state index in [4.69, 9.17) is 0 Å². The summed E-state index contributed by atoms with van der Waals surface area (Å²) >= 11 is 1.31. The van der Waals surface area contributed by atoms with Crippen LogP contribution in [-0.2, 0) is 14.8 Å². The first-order valence-electron chi connectivity index (χ1n) is 9.31. The van der Waals surface area contributed by atoms with Crippen molar-refractivity contribution in [1.29, 1.82) is 0 Å². The van der Waals surface area contributed by atoms with Gasteiger partial charge in [-0.1, -0.05) is 6.07 Å². The van der Waals surface area contributed by atoms with Gasteiger partial charge in [0.1, 0.15) is 6.04 Å². The van der Waals surface area contributed by atoms with Gasteiger partial charge >= 0.3 is 0 Å². The van der Waals surface area contributed by atoms with Gasteiger partial charge in [-0.25, -0.2) is 13.4 Å². The van der Waals surface area contributed by atoms with E-state index in [1.54, 1.807) is 37.6 Å². The molecule has 0 radical (unpaired) electrons. The number of carbonyl (C=O) groups is 2. The van der Waals surface area contributed by atoms with Crippen LogP contribution in [0.25, 0.3) is 0 Å². The number of aromatic nitrogens is 1. The first kappa shape index (κ1) is 21.4. The predicted octanol–water partition coefficient (Wildman–Crippen LogP) is 2.42. The van der Waals surface area contributed by atoms with Gasteiger partial charge in [-0.2, -0.15) is 4.31 Å². The van der Waals surface area contributed by atoms with Gasteiger partial charge in [0.2, 0.25) is 15.9 Å². The Morgan fingerprint density at radius 1 is 1.34 bits per heavy atom. The minimum Gasteiger partial charge on any atom is -0.327 e. The minimum absolute atomic E-state index is 0.0579. The molecule has 1 saturated heterocycles. The maximum Gasteiger partial charge on any atom is 0.254 e. The Bertz CT molecular complexity index is 989. The molecule has 10 heteroatoms. The number of hydrogen-bond acceptors (Lipinski definition) is 6. The lowest BCUT2D eigenvalue weighted by Gasteiger charge is -2.24. The highest BCUT2D eigenvalue weighted by atomic mass is 32.2. The number of nitrogens with one attached hydrogen (secondary N) is 1. The highest BCUT2D eigenvalue weighted by Gasteiger charge is 2.35. The van der Waals surface area contributed by atoms with E-state index in [1.165, 1.54) is 39.7 Å². The number of rotatable bonds is 6. The lowest BCUT2D eigenvalue weighted by Crippen LogP contribution is -2.43. The predicted molar refractivity (Wildman–Crippen MR) is 111 cm³/mol. The quantitative estimate of drug-likeness (QED) is 0.750. The molecule has 8 nitrogen and oxygen atoms in total. The van der Waals surface area contributed by atoms with E-state index in [9.17, 15) is 18.0 Å². The highest BCUT2D eigenvalue weighted by molar-refractivity contribution is 7.89. The molecule has 2 heterocycles. The third-order valence-corrected chi connectivity index (χ3v) is 7.68. The molecule has 2 amide bonds. The third kappa shape index (κ3) is 4.49. The van der Waals surface area contributed by atoms with Crippen molar-refractivity contribution in [2.45, 2.75) is 43.7 Å². The van der Waals surface area contributed by atoms with Gasteiger partial charge in [-0.15, -0.1) is 11.3 Å². The Morgan fingerprint density at radius 3 is 2.76 bits per heavy atom. The normalized spacial score (nSPS) is 17.1. The fourth-order valence-electron chi connectivity index (χ4n) is 3.16. The van der Waals surface area contributed by atoms with Crippen LogP contribution in [0.15, 0.2) is 40.7 Å². The largest absolute Gasteiger partial charge is 0.327 e. The van der Waals surface area contributed by atoms with Gasteiger partial charge in [0, 0.05) is 36.8 Å². The molecule has 1 atom stereocenters. The molecule has 3 rings (SSSR count). The second kappa shape index (κ2) is 8.60. The second-order valence-corrected chi connectivity index (χ2v) is 10.0. The third-order valence-electron chi connectivity index (χ3n) is 4.96. The van der Waals surface area contributed by atoms with E-state index in [1.807, 2.05) is 0 Å². The maximum atomic E-state index is 13.1. The van der Waals surface area contributed by atoms with E-state index in [0.29, 0.717) is 24.5 Å². The molecular formula is C19H24N4O4S2. The zero-order valence-electron chi connectivity index (χ0n) is 16.5. The Hall–Kier alpha value is -2.30. The summed E-state index contributed by atoms with van der Waals surface area (Å²) in [4.78, 5) is 31.3. The number of benzene rings is 1. The number of thiazole rings is 1. The van der Waals surface area contributed by atoms with E-state index >= 15 is 0 Å². The van der Waals surface area contributed by atoms with Gasteiger partial charge in [0.15, 0.2) is 5.13 Å². The molecule has 2 aromatic rings. The Kier molecular flexibility index (Phi) is 6.35. The summed E-state index contributed by atoms with van der Waals surface area (Å²) in [6, 6.07) is 5.16. The topological polar surface area (TPSA) is 99.7 Å². The number of sulfonamides is 1. The average molecular weight is 437 g/mol. The summed E-state index contributed by atoms with van der Waals surface area (Å²) in [5.74, 6) is -0.639. The molecule has 0 saturated carbocycles. The number of hydrogen-bond donors (Lipinski definition) is 1. The van der Waals surface area contributed by atoms with Crippen LogP contribution >= 0.6 is 11.3 Å². The number of anilines is 1. The zero-order valence-corrected chi connectivity index (χ0v) is 18.2. The van der Waals surface area contributed by atoms with E-state index in [0.717, 1.165) is 0 Å². The van der Waals surface area contributed by atoms with Crippen molar-refractivity contribution in [2.24, 2.45) is 0 Å². The summed E-state index contributed by atoms with van der Waals surface area (Å²) in [5, 5.41) is 4.98. The lowest BCUT2D eigenvalue weighted by atomic mass is 10.1. The highest BCUT2D eigenvalue weighted by Crippen LogP contribution is 2.24. The first-order chi connectivity index (χ1) is 13.7. The molecular weight excluding hydrogens is 412 g/mol. The standard InChI is InChI=1S/C19H24N4O4S2/c1-13(2)22(3)29(26,27)15-7-4-6-14(12-15)18(25)23-10-5-8-16(23)17(24)21-19-20-9-11-28-19/h4,6-7,9,11-13,16H,5,8,10H2,1-3H3,(H,20,21,24). The molecule has 1 aliphatic heterocycles. The SMILES string of the molecule is CC(C)N(C)S(=O)(=O)c1cccc(C(=O)N2CCCC2C(=O)Nc2nccs2)c1. The fourth-order valence-corrected chi connectivity index (χ4v) is 5.10. The molecule has 1 aliphatic rings. The van der Waals surface area contributed by atoms with Crippen LogP contribution in [0.2, 0.25) is 0 Å². The molecule has 1 unspecified atom stereocenters. The zero-order chi connectivity index (χ0) is 21.2. The van der Waals surface area contributed by atoms with Gasteiger partial charge < -0.3 is 10.2 Å². The smallest absolute Gasteiger partial charge is 0.254 e. The van der Waals surface area contributed by atoms with Crippen molar-refractivity contribution in [3.63, 3.8) is 0 Å². The molecule has 1 N–H and O–H groups in total. The summed E-state index contributed by atoms with van der Waals surface area (Å²) < 4.78 is 26.8. The van der Waals surface area contributed by atoms with E-state index in [-0.39, 0.29) is 28.3 Å². The van der Waals surface area contributed by atoms with Crippen LogP contribution in [0.4, 0.5) is 5.13 Å². The van der Waals surface area contributed by atoms with Crippen molar-refractivity contribution < 1.29 is 18.0 Å². The van der Waals surface area contributed by atoms with Gasteiger partial charge in [-0.3, -0.25) is 9.59 Å². The van der Waals surface area contributed by atoms with Crippen molar-refractivity contribution in [3.05, 3.63) is 41.4 Å². The van der Waals surface area contributed by atoms with Gasteiger partial charge in [0.05, 0.1) is 4.90 Å². The summed E-state index contributed by atoms with van der Waals surface area (Å²) in [5.41, 5.74) is 0.247. The monoisotopic (exact) mass is 436 g/mol. The van der Waals surface area contributed by atoms with Crippen LogP contribution in [0.5, 0.6) is 0 Å². The summed E-state index contributed by atoms with van der Waals surface area (Å²) in [7, 11) is -2.20. The van der Waals surface area contributed by atoms with Crippen LogP contribution in [0.3, 0.4) is 0 Å². The minimum atomic E-state index is -3.71. The molecule has 1 aromatic heterocycles. The van der Waals surface area contributed by atoms with Gasteiger partial charge in [0.25, 0.3) is 5.91 Å². The van der Waals surface area contributed by atoms with Crippen LogP contribution in [0.1, 0.15) is 37.0 Å². The summed E-state index contributed by atoms with van der Waals surface area (Å²) in [6.45, 7) is 4.00. The first-order valence-corrected chi connectivity index (χ1v) is 11.6. The second-order valence-electron chi connectivity index (χ2n) is 7.13. The molecule has 0 aliphatic carbocycles. The number of amides is 2. The Labute approximate surface area is 174 Å². The molecule has 0 spiro atoms. The Morgan fingerprint density at radius 2 is 2.10 bits per heavy atom. The van der Waals surface area contributed by atoms with Crippen LogP contribution in [-0.4, -0.2) is 60.1 Å². The fraction of sp³-hybridized carbons (Fsp3) is 0.421. The van der Waals surface area contributed by atoms with Gasteiger partial charge in [-0.05, 0) is 44.9 Å². The number of likely N-dealkylation sites (tertiary alicyclic amines) is 1. The van der Waals surface area contributed by atoms with E-state index in [2.05, 4.69) is 10.3 Å². The molecule has 0 bridgehead atoms. The summed E-state index contributed by atoms with van der Waals surface area (Å²) in [6.07, 6.45) is 2.85. The number of carbonyl (C=O) groups excluding carboxylic acids is 2.